The van der Waals surface area contributed by atoms with Crippen LogP contribution in [0.15, 0.2) is 10.4 Å². The molecule has 0 heterocycles. The number of hydrogen-bond donors (Lipinski definition) is 2. The molecule has 9 heteroatoms. The molecule has 74 valence electrons. The Kier molecular flexibility index (Phi) is 5.44. The van der Waals surface area contributed by atoms with Crippen molar-refractivity contribution < 1.29 is 10.2 Å². The third kappa shape index (κ3) is 4.90. The number of nitroso groups, excluding NO2 is 1. The summed E-state index contributed by atoms with van der Waals surface area (Å²) in [6.45, 7) is 0.135. The average Bonchev–Trinajstić information content (AvgIpc) is 2.04. The van der Waals surface area contributed by atoms with E-state index in [1.807, 2.05) is 0 Å². The molecule has 0 aliphatic rings. The van der Waals surface area contributed by atoms with Crippen LogP contribution in [-0.2, 0) is 0 Å². The van der Waals surface area contributed by atoms with Crippen LogP contribution in [-0.4, -0.2) is 33.6 Å². The molecule has 0 aliphatic heterocycles. The van der Waals surface area contributed by atoms with E-state index >= 15 is 0 Å². The number of halogens is 1. The molecule has 0 saturated heterocycles. The van der Waals surface area contributed by atoms with E-state index in [2.05, 4.69) is 10.4 Å². The molecule has 3 N–H and O–H groups in total. The molecular weight excluding hydrogens is 202 g/mol. The van der Waals surface area contributed by atoms with Crippen molar-refractivity contribution in [1.29, 1.82) is 0 Å². The van der Waals surface area contributed by atoms with Crippen molar-refractivity contribution in [1.82, 2.24) is 5.01 Å². The van der Waals surface area contributed by atoms with Gasteiger partial charge in [-0.2, -0.15) is 5.01 Å². The zero-order valence-corrected chi connectivity index (χ0v) is 7.39. The highest BCUT2D eigenvalue weighted by atomic mass is 35.5. The van der Waals surface area contributed by atoms with Crippen LogP contribution < -0.4 is 5.73 Å². The van der Waals surface area contributed by atoms with Gasteiger partial charge in [0.25, 0.3) is 5.96 Å². The SMILES string of the molecule is N/C(=N\[N+](=O)O)N(CCCCl)N=O. The first kappa shape index (κ1) is 11.6. The van der Waals surface area contributed by atoms with Gasteiger partial charge in [0.1, 0.15) is 10.0 Å². The van der Waals surface area contributed by atoms with Crippen molar-refractivity contribution in [2.45, 2.75) is 6.42 Å². The number of alkyl halides is 1. The maximum atomic E-state index is 10.1. The van der Waals surface area contributed by atoms with Crippen LogP contribution in [0.1, 0.15) is 6.42 Å². The summed E-state index contributed by atoms with van der Waals surface area (Å²) in [5, 5.41) is 13.4. The second-order valence-electron chi connectivity index (χ2n) is 1.96. The monoisotopic (exact) mass is 210 g/mol. The van der Waals surface area contributed by atoms with Gasteiger partial charge in [-0.3, -0.25) is 0 Å². The van der Waals surface area contributed by atoms with Crippen LogP contribution in [0.5, 0.6) is 0 Å². The Labute approximate surface area is 78.4 Å². The van der Waals surface area contributed by atoms with Crippen LogP contribution >= 0.6 is 11.6 Å². The molecule has 0 aromatic carbocycles. The van der Waals surface area contributed by atoms with Gasteiger partial charge in [0, 0.05) is 12.4 Å². The lowest BCUT2D eigenvalue weighted by Crippen LogP contribution is -2.34. The summed E-state index contributed by atoms with van der Waals surface area (Å²) in [5.41, 5.74) is 5.11. The summed E-state index contributed by atoms with van der Waals surface area (Å²) in [6.07, 6.45) is 0.452. The first-order chi connectivity index (χ1) is 6.11. The molecular formula is C4H9ClN5O3+. The minimum Gasteiger partial charge on any atom is -0.363 e. The van der Waals surface area contributed by atoms with E-state index in [1.165, 1.54) is 0 Å². The summed E-state index contributed by atoms with van der Waals surface area (Å²) < 4.78 is 0. The zero-order valence-electron chi connectivity index (χ0n) is 6.63. The van der Waals surface area contributed by atoms with Gasteiger partial charge in [0.05, 0.1) is 5.29 Å². The second kappa shape index (κ2) is 6.12. The molecule has 0 aromatic rings. The molecule has 0 atom stereocenters. The standard InChI is InChI=1S/C4H9ClN5O3/c5-2-1-3-9(8-11)4(6)7-10(12)13/h1-3H2,(H2,6,7)(H,12,13)/q+1. The molecule has 0 radical (unpaired) electrons. The largest absolute Gasteiger partial charge is 0.391 e. The normalized spacial score (nSPS) is 11.0. The fourth-order valence-electron chi connectivity index (χ4n) is 0.546. The molecule has 0 fully saturated rings. The van der Waals surface area contributed by atoms with E-state index < -0.39 is 11.0 Å². The van der Waals surface area contributed by atoms with E-state index in [0.717, 1.165) is 0 Å². The fourth-order valence-corrected chi connectivity index (χ4v) is 0.666. The average molecular weight is 211 g/mol. The van der Waals surface area contributed by atoms with E-state index in [4.69, 9.17) is 22.5 Å². The van der Waals surface area contributed by atoms with Crippen LogP contribution in [0, 0.1) is 9.81 Å². The van der Waals surface area contributed by atoms with Crippen molar-refractivity contribution in [2.24, 2.45) is 16.1 Å². The number of rotatable bonds is 5. The molecule has 0 rings (SSSR count). The third-order valence-corrected chi connectivity index (χ3v) is 1.32. The number of nitrogens with zero attached hydrogens (tertiary/aromatic N) is 4. The molecule has 0 amide bonds. The van der Waals surface area contributed by atoms with Gasteiger partial charge in [0.15, 0.2) is 0 Å². The molecule has 0 saturated carbocycles. The third-order valence-electron chi connectivity index (χ3n) is 1.05. The lowest BCUT2D eigenvalue weighted by atomic mass is 10.5. The van der Waals surface area contributed by atoms with Crippen molar-refractivity contribution >= 4 is 17.6 Å². The first-order valence-corrected chi connectivity index (χ1v) is 3.82. The molecule has 13 heavy (non-hydrogen) atoms. The second-order valence-corrected chi connectivity index (χ2v) is 2.34. The molecule has 0 aliphatic carbocycles. The summed E-state index contributed by atoms with van der Waals surface area (Å²) in [4.78, 5) is 20.1. The quantitative estimate of drug-likeness (QED) is 0.218. The van der Waals surface area contributed by atoms with Gasteiger partial charge in [-0.1, -0.05) is 0 Å². The van der Waals surface area contributed by atoms with Gasteiger partial charge < -0.3 is 5.73 Å². The van der Waals surface area contributed by atoms with Crippen molar-refractivity contribution in [3.63, 3.8) is 0 Å². The number of nitrogens with two attached hydrogens (primary N) is 1. The molecule has 0 unspecified atom stereocenters. The van der Waals surface area contributed by atoms with Gasteiger partial charge in [0.2, 0.25) is 0 Å². The zero-order chi connectivity index (χ0) is 10.3. The Morgan fingerprint density at radius 2 is 2.31 bits per heavy atom. The van der Waals surface area contributed by atoms with Crippen molar-refractivity contribution in [2.75, 3.05) is 12.4 Å². The molecule has 0 spiro atoms. The van der Waals surface area contributed by atoms with Gasteiger partial charge in [-0.15, -0.1) is 16.5 Å². The topological polar surface area (TPSA) is 111 Å². The minimum atomic E-state index is -0.756. The summed E-state index contributed by atoms with van der Waals surface area (Å²) in [5.74, 6) is -0.169. The Balaban J connectivity index is 4.22. The van der Waals surface area contributed by atoms with E-state index in [9.17, 15) is 9.81 Å². The van der Waals surface area contributed by atoms with Crippen LogP contribution in [0.25, 0.3) is 0 Å². The Bertz CT molecular complexity index is 220. The highest BCUT2D eigenvalue weighted by molar-refractivity contribution is 6.17. The Morgan fingerprint density at radius 3 is 2.69 bits per heavy atom. The van der Waals surface area contributed by atoms with Crippen molar-refractivity contribution in [3.8, 4) is 0 Å². The number of hydrazone groups is 1. The Morgan fingerprint density at radius 1 is 1.69 bits per heavy atom. The maximum Gasteiger partial charge on any atom is 0.391 e. The van der Waals surface area contributed by atoms with Gasteiger partial charge in [-0.05, 0) is 6.42 Å². The van der Waals surface area contributed by atoms with E-state index in [1.54, 1.807) is 0 Å². The number of guanidine groups is 1. The summed E-state index contributed by atoms with van der Waals surface area (Å²) in [6, 6.07) is 0. The summed E-state index contributed by atoms with van der Waals surface area (Å²) in [7, 11) is 0. The van der Waals surface area contributed by atoms with Crippen LogP contribution in [0.2, 0.25) is 0 Å². The van der Waals surface area contributed by atoms with Crippen LogP contribution in [0.4, 0.5) is 0 Å². The predicted octanol–water partition coefficient (Wildman–Crippen LogP) is -0.00350. The predicted molar refractivity (Wildman–Crippen MR) is 44.9 cm³/mol. The fraction of sp³-hybridized carbons (Fsp3) is 0.750. The first-order valence-electron chi connectivity index (χ1n) is 3.28. The molecule has 8 nitrogen and oxygen atoms in total. The van der Waals surface area contributed by atoms with Crippen LogP contribution in [0.3, 0.4) is 0 Å². The summed E-state index contributed by atoms with van der Waals surface area (Å²) >= 11 is 5.34. The van der Waals surface area contributed by atoms with E-state index in [0.29, 0.717) is 17.3 Å². The highest BCUT2D eigenvalue weighted by Gasteiger charge is 2.13. The lowest BCUT2D eigenvalue weighted by molar-refractivity contribution is -0.796. The minimum absolute atomic E-state index is 0.135. The van der Waals surface area contributed by atoms with Crippen molar-refractivity contribution in [3.05, 3.63) is 9.81 Å². The highest BCUT2D eigenvalue weighted by Crippen LogP contribution is 1.93. The van der Waals surface area contributed by atoms with E-state index in [-0.39, 0.29) is 6.54 Å². The van der Waals surface area contributed by atoms with Gasteiger partial charge in [-0.25, -0.2) is 5.21 Å². The lowest BCUT2D eigenvalue weighted by Gasteiger charge is -2.08. The van der Waals surface area contributed by atoms with Gasteiger partial charge >= 0.3 is 5.03 Å². The Hall–Kier alpha value is -1.44. The smallest absolute Gasteiger partial charge is 0.363 e. The molecule has 0 bridgehead atoms. The number of hydrogen-bond acceptors (Lipinski definition) is 3. The maximum absolute atomic E-state index is 10.1. The molecule has 0 aromatic heterocycles.